The topological polar surface area (TPSA) is 59.6 Å². The summed E-state index contributed by atoms with van der Waals surface area (Å²) in [6.07, 6.45) is 2.29. The number of ether oxygens (including phenoxy) is 2. The number of hydrogen-bond acceptors (Lipinski definition) is 5. The molecule has 4 atom stereocenters. The van der Waals surface area contributed by atoms with Crippen LogP contribution in [-0.4, -0.2) is 18.1 Å². The van der Waals surface area contributed by atoms with E-state index in [0.717, 1.165) is 40.9 Å². The second-order valence-corrected chi connectivity index (χ2v) is 11.1. The Morgan fingerprint density at radius 3 is 1.90 bits per heavy atom. The number of anilines is 2. The molecule has 196 valence electrons. The van der Waals surface area contributed by atoms with Crippen molar-refractivity contribution in [3.05, 3.63) is 119 Å². The minimum atomic E-state index is -1.05. The number of benzene rings is 4. The summed E-state index contributed by atoms with van der Waals surface area (Å²) in [5, 5.41) is 7.64. The Morgan fingerprint density at radius 1 is 0.667 bits per heavy atom. The van der Waals surface area contributed by atoms with Crippen LogP contribution in [0.5, 0.6) is 11.5 Å². The first-order chi connectivity index (χ1) is 19.1. The van der Waals surface area contributed by atoms with Gasteiger partial charge in [0.1, 0.15) is 11.5 Å². The van der Waals surface area contributed by atoms with Gasteiger partial charge in [0.15, 0.2) is 5.60 Å². The van der Waals surface area contributed by atoms with Gasteiger partial charge in [-0.2, -0.15) is 0 Å². The molecule has 1 aliphatic carbocycles. The predicted molar refractivity (Wildman–Crippen MR) is 154 cm³/mol. The van der Waals surface area contributed by atoms with Crippen molar-refractivity contribution < 1.29 is 14.3 Å². The second-order valence-electron chi connectivity index (χ2n) is 11.1. The molecule has 0 bridgehead atoms. The Morgan fingerprint density at radius 2 is 1.23 bits per heavy atom. The van der Waals surface area contributed by atoms with Crippen LogP contribution in [0, 0.1) is 11.8 Å². The Kier molecular flexibility index (Phi) is 5.62. The Labute approximate surface area is 229 Å². The van der Waals surface area contributed by atoms with Gasteiger partial charge in [0.05, 0.1) is 5.56 Å². The van der Waals surface area contributed by atoms with Gasteiger partial charge in [-0.05, 0) is 55.0 Å². The lowest BCUT2D eigenvalue weighted by atomic mass is 9.75. The van der Waals surface area contributed by atoms with Gasteiger partial charge in [-0.1, -0.05) is 80.6 Å². The predicted octanol–water partition coefficient (Wildman–Crippen LogP) is 7.58. The van der Waals surface area contributed by atoms with E-state index in [1.807, 2.05) is 72.8 Å². The number of carbonyl (C=O) groups excluding carboxylic acids is 1. The van der Waals surface area contributed by atoms with Crippen LogP contribution >= 0.6 is 0 Å². The maximum atomic E-state index is 13.8. The van der Waals surface area contributed by atoms with E-state index in [1.165, 1.54) is 0 Å². The molecule has 0 saturated heterocycles. The van der Waals surface area contributed by atoms with E-state index in [2.05, 4.69) is 48.7 Å². The minimum absolute atomic E-state index is 0.138. The molecule has 0 aromatic heterocycles. The Balaban J connectivity index is 1.33. The fourth-order valence-electron chi connectivity index (χ4n) is 6.75. The zero-order valence-electron chi connectivity index (χ0n) is 22.2. The molecule has 0 radical (unpaired) electrons. The van der Waals surface area contributed by atoms with Gasteiger partial charge in [-0.15, -0.1) is 0 Å². The molecule has 5 heteroatoms. The van der Waals surface area contributed by atoms with Crippen LogP contribution in [0.15, 0.2) is 97.1 Å². The quantitative estimate of drug-likeness (QED) is 0.274. The van der Waals surface area contributed by atoms with Crippen LogP contribution in [0.1, 0.15) is 53.7 Å². The Hall–Kier alpha value is -4.25. The fraction of sp³-hybridized carbons (Fsp3) is 0.265. The van der Waals surface area contributed by atoms with E-state index < -0.39 is 5.60 Å². The maximum Gasteiger partial charge on any atom is 0.342 e. The molecule has 7 rings (SSSR count). The van der Waals surface area contributed by atoms with Crippen molar-refractivity contribution in [3.8, 4) is 11.5 Å². The zero-order valence-corrected chi connectivity index (χ0v) is 22.2. The summed E-state index contributed by atoms with van der Waals surface area (Å²) >= 11 is 0. The molecular weight excluding hydrogens is 484 g/mol. The molecule has 4 unspecified atom stereocenters. The third kappa shape index (κ3) is 3.71. The number of fused-ring (bicyclic) bond motifs is 6. The monoisotopic (exact) mass is 516 g/mol. The summed E-state index contributed by atoms with van der Waals surface area (Å²) in [6, 6.07) is 32.5. The third-order valence-electron chi connectivity index (χ3n) is 8.77. The molecule has 2 heterocycles. The van der Waals surface area contributed by atoms with E-state index in [9.17, 15) is 4.79 Å². The first kappa shape index (κ1) is 23.8. The molecule has 3 aliphatic rings. The fourth-order valence-corrected chi connectivity index (χ4v) is 6.75. The molecule has 1 fully saturated rings. The average molecular weight is 517 g/mol. The van der Waals surface area contributed by atoms with E-state index >= 15 is 0 Å². The SMILES string of the molecule is CC1CCC(C)C(Nc2cccc3c2C(=O)OC32c3ccccc3Oc3ccccc32)C1Nc1ccccc1. The molecule has 4 aromatic rings. The van der Waals surface area contributed by atoms with Crippen molar-refractivity contribution in [1.29, 1.82) is 0 Å². The van der Waals surface area contributed by atoms with Crippen LogP contribution in [0.2, 0.25) is 0 Å². The first-order valence-electron chi connectivity index (χ1n) is 13.9. The number of hydrogen-bond donors (Lipinski definition) is 2. The first-order valence-corrected chi connectivity index (χ1v) is 13.9. The van der Waals surface area contributed by atoms with Crippen molar-refractivity contribution in [2.75, 3.05) is 10.6 Å². The van der Waals surface area contributed by atoms with Gasteiger partial charge in [0, 0.05) is 40.1 Å². The molecular formula is C34H32N2O3. The smallest absolute Gasteiger partial charge is 0.342 e. The standard InChI is InChI=1S/C34H32N2O3/c1-21-19-20-22(2)32(31(21)35-23-11-4-3-5-12-23)36-27-16-10-15-26-30(27)33(37)39-34(26)24-13-6-8-17-28(24)38-29-18-9-7-14-25(29)34/h3-18,21-22,31-32,35-36H,19-20H2,1-2H3. The highest BCUT2D eigenvalue weighted by Crippen LogP contribution is 2.56. The molecule has 0 amide bonds. The normalized spacial score (nSPS) is 24.1. The number of esters is 1. The van der Waals surface area contributed by atoms with Crippen LogP contribution in [0.3, 0.4) is 0 Å². The molecule has 39 heavy (non-hydrogen) atoms. The number of para-hydroxylation sites is 3. The minimum Gasteiger partial charge on any atom is -0.456 e. The van der Waals surface area contributed by atoms with Crippen LogP contribution in [0.25, 0.3) is 0 Å². The van der Waals surface area contributed by atoms with E-state index in [1.54, 1.807) is 0 Å². The van der Waals surface area contributed by atoms with Crippen molar-refractivity contribution in [3.63, 3.8) is 0 Å². The van der Waals surface area contributed by atoms with Crippen molar-refractivity contribution in [2.24, 2.45) is 11.8 Å². The van der Waals surface area contributed by atoms with E-state index in [-0.39, 0.29) is 18.1 Å². The Bertz CT molecular complexity index is 1500. The number of nitrogens with one attached hydrogen (secondary N) is 2. The average Bonchev–Trinajstić information content (AvgIpc) is 3.26. The molecule has 1 saturated carbocycles. The van der Waals surface area contributed by atoms with Gasteiger partial charge < -0.3 is 20.1 Å². The number of carbonyl (C=O) groups is 1. The summed E-state index contributed by atoms with van der Waals surface area (Å²) in [4.78, 5) is 13.8. The number of rotatable bonds is 4. The molecule has 2 aliphatic heterocycles. The van der Waals surface area contributed by atoms with Crippen molar-refractivity contribution >= 4 is 17.3 Å². The largest absolute Gasteiger partial charge is 0.456 e. The van der Waals surface area contributed by atoms with Crippen LogP contribution in [-0.2, 0) is 10.3 Å². The van der Waals surface area contributed by atoms with Crippen molar-refractivity contribution in [1.82, 2.24) is 0 Å². The molecule has 1 spiro atoms. The molecule has 2 N–H and O–H groups in total. The van der Waals surface area contributed by atoms with Crippen LogP contribution in [0.4, 0.5) is 11.4 Å². The van der Waals surface area contributed by atoms with Crippen molar-refractivity contribution in [2.45, 2.75) is 44.4 Å². The van der Waals surface area contributed by atoms with E-state index in [4.69, 9.17) is 9.47 Å². The highest BCUT2D eigenvalue weighted by atomic mass is 16.6. The summed E-state index contributed by atoms with van der Waals surface area (Å²) in [5.74, 6) is 2.00. The lowest BCUT2D eigenvalue weighted by Crippen LogP contribution is -2.50. The highest BCUT2D eigenvalue weighted by molar-refractivity contribution is 6.02. The van der Waals surface area contributed by atoms with Gasteiger partial charge in [0.25, 0.3) is 0 Å². The molecule has 5 nitrogen and oxygen atoms in total. The summed E-state index contributed by atoms with van der Waals surface area (Å²) in [6.45, 7) is 4.62. The lowest BCUT2D eigenvalue weighted by Gasteiger charge is -2.42. The highest BCUT2D eigenvalue weighted by Gasteiger charge is 2.54. The zero-order chi connectivity index (χ0) is 26.6. The summed E-state index contributed by atoms with van der Waals surface area (Å²) < 4.78 is 12.7. The second kappa shape index (κ2) is 9.19. The van der Waals surface area contributed by atoms with Gasteiger partial charge in [0.2, 0.25) is 0 Å². The summed E-state index contributed by atoms with van der Waals surface area (Å²) in [7, 11) is 0. The van der Waals surface area contributed by atoms with Gasteiger partial charge >= 0.3 is 5.97 Å². The van der Waals surface area contributed by atoms with Gasteiger partial charge in [-0.25, -0.2) is 4.79 Å². The lowest BCUT2D eigenvalue weighted by molar-refractivity contribution is 0.0225. The summed E-state index contributed by atoms with van der Waals surface area (Å²) in [5.41, 5.74) is 4.02. The van der Waals surface area contributed by atoms with Gasteiger partial charge in [-0.3, -0.25) is 0 Å². The van der Waals surface area contributed by atoms with E-state index in [0.29, 0.717) is 28.9 Å². The maximum absolute atomic E-state index is 13.8. The third-order valence-corrected chi connectivity index (χ3v) is 8.77. The van der Waals surface area contributed by atoms with Crippen LogP contribution < -0.4 is 15.4 Å². The molecule has 4 aromatic carbocycles.